The predicted molar refractivity (Wildman–Crippen MR) is 66.5 cm³/mol. The van der Waals surface area contributed by atoms with Crippen molar-refractivity contribution in [2.75, 3.05) is 0 Å². The summed E-state index contributed by atoms with van der Waals surface area (Å²) in [5, 5.41) is 0.775. The second-order valence-electron chi connectivity index (χ2n) is 4.10. The Morgan fingerprint density at radius 1 is 1.24 bits per heavy atom. The molecule has 92 valence electrons. The normalized spacial score (nSPS) is 13.4. The summed E-state index contributed by atoms with van der Waals surface area (Å²) < 4.78 is 39.8. The molecule has 1 unspecified atom stereocenters. The number of fused-ring (bicyclic) bond motifs is 1. The molecule has 2 rings (SSSR count). The molecule has 1 atom stereocenters. The van der Waals surface area contributed by atoms with Gasteiger partial charge in [0, 0.05) is 17.9 Å². The highest BCUT2D eigenvalue weighted by Gasteiger charge is 2.47. The lowest BCUT2D eigenvalue weighted by atomic mass is 10.1. The van der Waals surface area contributed by atoms with Crippen molar-refractivity contribution in [2.24, 2.45) is 0 Å². The third-order valence-corrected chi connectivity index (χ3v) is 4.90. The number of hydrogen-bond acceptors (Lipinski definition) is 0. The summed E-state index contributed by atoms with van der Waals surface area (Å²) in [6.07, 6.45) is 1.27. The molecule has 2 aromatic rings. The summed E-state index contributed by atoms with van der Waals surface area (Å²) in [7, 11) is -1.71. The van der Waals surface area contributed by atoms with E-state index in [0.29, 0.717) is 16.0 Å². The fourth-order valence-electron chi connectivity index (χ4n) is 2.07. The van der Waals surface area contributed by atoms with Crippen molar-refractivity contribution in [3.05, 3.63) is 34.7 Å². The van der Waals surface area contributed by atoms with Gasteiger partial charge in [-0.25, -0.2) is 0 Å². The number of hydrogen-bond donors (Lipinski definition) is 0. The van der Waals surface area contributed by atoms with E-state index in [1.807, 2.05) is 19.9 Å². The van der Waals surface area contributed by atoms with Gasteiger partial charge in [-0.2, -0.15) is 0 Å². The van der Waals surface area contributed by atoms with E-state index in [2.05, 4.69) is 0 Å². The monoisotopic (exact) mass is 259 g/mol. The van der Waals surface area contributed by atoms with Crippen LogP contribution >= 0.6 is 10.5 Å². The van der Waals surface area contributed by atoms with Crippen LogP contribution in [0.5, 0.6) is 0 Å². The minimum absolute atomic E-state index is 0.445. The lowest BCUT2D eigenvalue weighted by Gasteiger charge is -1.99. The molecular formula is C13H14F3S+. The second kappa shape index (κ2) is 4.33. The Balaban J connectivity index is 2.76. The molecule has 0 spiro atoms. The SMILES string of the molecule is CCCc1cc2c(C)cccc2[s+]1C(F)(F)F. The number of aryl methyl sites for hydroxylation is 2. The van der Waals surface area contributed by atoms with Crippen LogP contribution in [0.3, 0.4) is 0 Å². The number of benzene rings is 1. The average molecular weight is 259 g/mol. The Bertz CT molecular complexity index is 537. The van der Waals surface area contributed by atoms with E-state index in [1.54, 1.807) is 18.2 Å². The van der Waals surface area contributed by atoms with Crippen LogP contribution in [0.1, 0.15) is 23.8 Å². The number of rotatable bonds is 2. The largest absolute Gasteiger partial charge is 0.600 e. The van der Waals surface area contributed by atoms with Crippen LogP contribution in [0.2, 0.25) is 0 Å². The van der Waals surface area contributed by atoms with Gasteiger partial charge in [-0.1, -0.05) is 19.1 Å². The first-order valence-electron chi connectivity index (χ1n) is 5.56. The zero-order chi connectivity index (χ0) is 12.6. The highest BCUT2D eigenvalue weighted by molar-refractivity contribution is 7.38. The quantitative estimate of drug-likeness (QED) is 0.640. The molecule has 0 fully saturated rings. The fraction of sp³-hybridized carbons (Fsp3) is 0.385. The molecular weight excluding hydrogens is 245 g/mol. The maximum Gasteiger partial charge on any atom is 0.600 e. The molecule has 0 amide bonds. The molecule has 1 aromatic carbocycles. The molecule has 4 heteroatoms. The number of thiophene rings is 1. The molecule has 0 aliphatic carbocycles. The van der Waals surface area contributed by atoms with Gasteiger partial charge in [0.2, 0.25) is 0 Å². The molecule has 0 nitrogen and oxygen atoms in total. The van der Waals surface area contributed by atoms with Crippen LogP contribution in [0.25, 0.3) is 10.1 Å². The lowest BCUT2D eigenvalue weighted by Crippen LogP contribution is -1.98. The topological polar surface area (TPSA) is 0 Å². The molecule has 0 radical (unpaired) electrons. The van der Waals surface area contributed by atoms with Crippen LogP contribution in [0, 0.1) is 6.92 Å². The van der Waals surface area contributed by atoms with Gasteiger partial charge in [0.05, 0.1) is 10.5 Å². The first-order chi connectivity index (χ1) is 7.95. The molecule has 1 aromatic heterocycles. The third-order valence-electron chi connectivity index (χ3n) is 2.80. The minimum Gasteiger partial charge on any atom is -0.118 e. The van der Waals surface area contributed by atoms with Crippen LogP contribution in [-0.4, -0.2) is 0 Å². The zero-order valence-electron chi connectivity index (χ0n) is 9.77. The van der Waals surface area contributed by atoms with E-state index in [-0.39, 0.29) is 0 Å². The van der Waals surface area contributed by atoms with Gasteiger partial charge in [-0.05, 0) is 25.0 Å². The van der Waals surface area contributed by atoms with Crippen molar-refractivity contribution < 1.29 is 13.2 Å². The van der Waals surface area contributed by atoms with Gasteiger partial charge in [0.1, 0.15) is 0 Å². The summed E-state index contributed by atoms with van der Waals surface area (Å²) in [6, 6.07) is 6.92. The molecule has 0 N–H and O–H groups in total. The fourth-order valence-corrected chi connectivity index (χ4v) is 4.20. The van der Waals surface area contributed by atoms with E-state index >= 15 is 0 Å². The Labute approximate surface area is 101 Å². The lowest BCUT2D eigenvalue weighted by molar-refractivity contribution is -0.0867. The average Bonchev–Trinajstić information content (AvgIpc) is 2.57. The van der Waals surface area contributed by atoms with Crippen molar-refractivity contribution >= 4 is 20.6 Å². The highest BCUT2D eigenvalue weighted by Crippen LogP contribution is 2.51. The van der Waals surface area contributed by atoms with Crippen molar-refractivity contribution in [1.82, 2.24) is 0 Å². The van der Waals surface area contributed by atoms with Gasteiger partial charge in [-0.3, -0.25) is 0 Å². The summed E-state index contributed by atoms with van der Waals surface area (Å²) in [5.41, 5.74) is -3.23. The number of halogens is 3. The highest BCUT2D eigenvalue weighted by atomic mass is 32.2. The van der Waals surface area contributed by atoms with Gasteiger partial charge in [0.15, 0.2) is 9.58 Å². The third kappa shape index (κ3) is 2.18. The van der Waals surface area contributed by atoms with Crippen molar-refractivity contribution in [3.8, 4) is 0 Å². The molecule has 1 heterocycles. The van der Waals surface area contributed by atoms with E-state index in [9.17, 15) is 13.2 Å². The smallest absolute Gasteiger partial charge is 0.118 e. The zero-order valence-corrected chi connectivity index (χ0v) is 10.6. The Kier molecular flexibility index (Phi) is 3.17. The minimum atomic E-state index is -4.15. The Morgan fingerprint density at radius 3 is 2.53 bits per heavy atom. The van der Waals surface area contributed by atoms with E-state index in [4.69, 9.17) is 0 Å². The summed E-state index contributed by atoms with van der Waals surface area (Å²) in [5.74, 6) is 0. The molecule has 0 saturated heterocycles. The summed E-state index contributed by atoms with van der Waals surface area (Å²) >= 11 is 0. The van der Waals surface area contributed by atoms with E-state index in [0.717, 1.165) is 17.4 Å². The van der Waals surface area contributed by atoms with Crippen LogP contribution in [-0.2, 0) is 11.9 Å². The first kappa shape index (κ1) is 12.4. The molecule has 0 bridgehead atoms. The molecule has 0 saturated carbocycles. The maximum absolute atomic E-state index is 13.1. The van der Waals surface area contributed by atoms with Crippen LogP contribution in [0.15, 0.2) is 24.3 Å². The van der Waals surface area contributed by atoms with Crippen molar-refractivity contribution in [3.63, 3.8) is 0 Å². The van der Waals surface area contributed by atoms with Gasteiger partial charge in [-0.15, -0.1) is 13.2 Å². The predicted octanol–water partition coefficient (Wildman–Crippen LogP) is 5.33. The number of alkyl halides is 3. The molecule has 17 heavy (non-hydrogen) atoms. The van der Waals surface area contributed by atoms with E-state index < -0.39 is 16.0 Å². The Morgan fingerprint density at radius 2 is 1.94 bits per heavy atom. The van der Waals surface area contributed by atoms with E-state index in [1.165, 1.54) is 0 Å². The standard InChI is InChI=1S/C13H14F3S/c1-3-5-10-8-11-9(2)6-4-7-12(11)17(10)13(14,15)16/h4,6-8H,3,5H2,1-2H3/q+1. The molecule has 0 aliphatic heterocycles. The summed E-state index contributed by atoms with van der Waals surface area (Å²) in [6.45, 7) is 3.77. The van der Waals surface area contributed by atoms with Crippen LogP contribution in [0.4, 0.5) is 13.2 Å². The first-order valence-corrected chi connectivity index (χ1v) is 6.79. The van der Waals surface area contributed by atoms with Gasteiger partial charge in [0.25, 0.3) is 0 Å². The maximum atomic E-state index is 13.1. The molecule has 0 aliphatic rings. The van der Waals surface area contributed by atoms with Gasteiger partial charge < -0.3 is 0 Å². The van der Waals surface area contributed by atoms with Crippen LogP contribution < -0.4 is 0 Å². The van der Waals surface area contributed by atoms with Gasteiger partial charge >= 0.3 is 5.51 Å². The van der Waals surface area contributed by atoms with Crippen molar-refractivity contribution in [1.29, 1.82) is 0 Å². The second-order valence-corrected chi connectivity index (χ2v) is 6.14. The van der Waals surface area contributed by atoms with Crippen molar-refractivity contribution in [2.45, 2.75) is 32.2 Å². The summed E-state index contributed by atoms with van der Waals surface area (Å²) in [4.78, 5) is 0.532. The Hall–Kier alpha value is -1.03.